The van der Waals surface area contributed by atoms with E-state index in [2.05, 4.69) is 6.58 Å². The van der Waals surface area contributed by atoms with E-state index in [0.717, 1.165) is 11.1 Å². The zero-order chi connectivity index (χ0) is 14.8. The summed E-state index contributed by atoms with van der Waals surface area (Å²) in [4.78, 5) is 0.0850. The maximum absolute atomic E-state index is 11.4. The molecular weight excluding hydrogens is 284 g/mol. The molecule has 0 amide bonds. The third kappa shape index (κ3) is 4.55. The van der Waals surface area contributed by atoms with Crippen molar-refractivity contribution in [3.63, 3.8) is 0 Å². The Kier molecular flexibility index (Phi) is 4.69. The predicted molar refractivity (Wildman–Crippen MR) is 78.5 cm³/mol. The lowest BCUT2D eigenvalue weighted by molar-refractivity contribution is 0.341. The van der Waals surface area contributed by atoms with E-state index in [1.165, 1.54) is 6.07 Å². The molecule has 0 radical (unpaired) electrons. The van der Waals surface area contributed by atoms with Crippen LogP contribution in [0.5, 0.6) is 5.75 Å². The minimum atomic E-state index is -3.73. The Morgan fingerprint density at radius 2 is 1.95 bits per heavy atom. The van der Waals surface area contributed by atoms with Crippen molar-refractivity contribution in [2.24, 2.45) is 0 Å². The molecule has 0 heterocycles. The lowest BCUT2D eigenvalue weighted by Crippen LogP contribution is -2.15. The van der Waals surface area contributed by atoms with E-state index < -0.39 is 9.05 Å². The van der Waals surface area contributed by atoms with Crippen molar-refractivity contribution < 1.29 is 13.2 Å². The summed E-state index contributed by atoms with van der Waals surface area (Å²) >= 11 is 0. The average molecular weight is 303 g/mol. The van der Waals surface area contributed by atoms with E-state index in [1.807, 2.05) is 27.7 Å². The second-order valence-corrected chi connectivity index (χ2v) is 8.16. The van der Waals surface area contributed by atoms with Gasteiger partial charge in [-0.05, 0) is 36.1 Å². The molecule has 0 spiro atoms. The van der Waals surface area contributed by atoms with Crippen LogP contribution in [-0.2, 0) is 14.5 Å². The van der Waals surface area contributed by atoms with Crippen LogP contribution in [0, 0.1) is 0 Å². The highest BCUT2D eigenvalue weighted by atomic mass is 35.7. The number of rotatable bonds is 4. The fraction of sp³-hybridized carbons (Fsp3) is 0.429. The van der Waals surface area contributed by atoms with E-state index >= 15 is 0 Å². The molecule has 3 nitrogen and oxygen atoms in total. The first-order valence-electron chi connectivity index (χ1n) is 5.88. The summed E-state index contributed by atoms with van der Waals surface area (Å²) in [6.07, 6.45) is 0. The summed E-state index contributed by atoms with van der Waals surface area (Å²) in [7, 11) is 1.64. The first-order valence-corrected chi connectivity index (χ1v) is 8.19. The molecule has 0 atom stereocenters. The molecule has 106 valence electrons. The van der Waals surface area contributed by atoms with Crippen LogP contribution in [-0.4, -0.2) is 15.0 Å². The van der Waals surface area contributed by atoms with Gasteiger partial charge in [0.15, 0.2) is 0 Å². The molecule has 0 N–H and O–H groups in total. The van der Waals surface area contributed by atoms with E-state index in [-0.39, 0.29) is 10.3 Å². The lowest BCUT2D eigenvalue weighted by Gasteiger charge is -2.23. The van der Waals surface area contributed by atoms with Gasteiger partial charge in [0.2, 0.25) is 0 Å². The van der Waals surface area contributed by atoms with Gasteiger partial charge in [-0.1, -0.05) is 27.4 Å². The fourth-order valence-corrected chi connectivity index (χ4v) is 2.35. The quantitative estimate of drug-likeness (QED) is 0.626. The van der Waals surface area contributed by atoms with Gasteiger partial charge >= 0.3 is 0 Å². The van der Waals surface area contributed by atoms with E-state index in [1.54, 1.807) is 12.1 Å². The molecule has 1 rings (SSSR count). The van der Waals surface area contributed by atoms with Crippen LogP contribution in [0.25, 0.3) is 0 Å². The molecule has 0 fully saturated rings. The molecule has 0 saturated heterocycles. The smallest absolute Gasteiger partial charge is 0.261 e. The third-order valence-corrected chi connectivity index (χ3v) is 3.87. The molecule has 0 aliphatic rings. The highest BCUT2D eigenvalue weighted by Gasteiger charge is 2.22. The fourth-order valence-electron chi connectivity index (χ4n) is 1.57. The number of hydrogen-bond acceptors (Lipinski definition) is 3. The van der Waals surface area contributed by atoms with Crippen LogP contribution in [0.4, 0.5) is 0 Å². The Morgan fingerprint density at radius 1 is 1.37 bits per heavy atom. The van der Waals surface area contributed by atoms with Gasteiger partial charge in [-0.25, -0.2) is 8.42 Å². The normalized spacial score (nSPS) is 12.3. The Morgan fingerprint density at radius 3 is 2.37 bits per heavy atom. The monoisotopic (exact) mass is 302 g/mol. The van der Waals surface area contributed by atoms with Crippen molar-refractivity contribution in [1.29, 1.82) is 0 Å². The highest BCUT2D eigenvalue weighted by Crippen LogP contribution is 2.34. The van der Waals surface area contributed by atoms with E-state index in [9.17, 15) is 8.42 Å². The van der Waals surface area contributed by atoms with E-state index in [0.29, 0.717) is 12.4 Å². The van der Waals surface area contributed by atoms with E-state index in [4.69, 9.17) is 15.4 Å². The molecule has 5 heteroatoms. The largest absolute Gasteiger partial charge is 0.489 e. The second kappa shape index (κ2) is 5.55. The van der Waals surface area contributed by atoms with Crippen molar-refractivity contribution >= 4 is 19.7 Å². The van der Waals surface area contributed by atoms with Crippen molar-refractivity contribution in [3.8, 4) is 5.75 Å². The molecule has 19 heavy (non-hydrogen) atoms. The van der Waals surface area contributed by atoms with Crippen LogP contribution in [0.15, 0.2) is 35.2 Å². The van der Waals surface area contributed by atoms with Crippen LogP contribution in [0.1, 0.15) is 33.3 Å². The van der Waals surface area contributed by atoms with Crippen molar-refractivity contribution in [2.75, 3.05) is 6.61 Å². The Balaban J connectivity index is 3.29. The minimum absolute atomic E-state index is 0.0850. The van der Waals surface area contributed by atoms with Gasteiger partial charge in [0, 0.05) is 16.2 Å². The van der Waals surface area contributed by atoms with Crippen molar-refractivity contribution in [3.05, 3.63) is 35.9 Å². The minimum Gasteiger partial charge on any atom is -0.489 e. The van der Waals surface area contributed by atoms with Gasteiger partial charge in [0.05, 0.1) is 4.90 Å². The summed E-state index contributed by atoms with van der Waals surface area (Å²) in [5.41, 5.74) is 1.45. The molecule has 1 aromatic rings. The van der Waals surface area contributed by atoms with Gasteiger partial charge in [0.1, 0.15) is 12.4 Å². The predicted octanol–water partition coefficient (Wildman–Crippen LogP) is 3.87. The molecular formula is C14H19ClO3S. The number of halogens is 1. The van der Waals surface area contributed by atoms with Crippen molar-refractivity contribution in [1.82, 2.24) is 0 Å². The average Bonchev–Trinajstić information content (AvgIpc) is 2.23. The van der Waals surface area contributed by atoms with Crippen LogP contribution >= 0.6 is 10.7 Å². The van der Waals surface area contributed by atoms with Crippen LogP contribution in [0.3, 0.4) is 0 Å². The summed E-state index contributed by atoms with van der Waals surface area (Å²) in [5.74, 6) is 0.652. The summed E-state index contributed by atoms with van der Waals surface area (Å²) in [6, 6.07) is 4.65. The maximum Gasteiger partial charge on any atom is 0.261 e. The standard InChI is InChI=1S/C14H19ClO3S/c1-10(2)9-18-13-7-6-11(19(15,16)17)8-12(13)14(3,4)5/h6-8H,1,9H2,2-5H3. The second-order valence-electron chi connectivity index (χ2n) is 5.59. The zero-order valence-corrected chi connectivity index (χ0v) is 13.2. The molecule has 0 aliphatic carbocycles. The molecule has 0 bridgehead atoms. The van der Waals surface area contributed by atoms with Crippen LogP contribution < -0.4 is 4.74 Å². The SMILES string of the molecule is C=C(C)COc1ccc(S(=O)(=O)Cl)cc1C(C)(C)C. The van der Waals surface area contributed by atoms with Gasteiger partial charge in [-0.2, -0.15) is 0 Å². The topological polar surface area (TPSA) is 43.4 Å². The number of benzene rings is 1. The summed E-state index contributed by atoms with van der Waals surface area (Å²) in [6.45, 7) is 12.0. The molecule has 0 aliphatic heterocycles. The molecule has 1 aromatic carbocycles. The molecule has 0 aromatic heterocycles. The maximum atomic E-state index is 11.4. The first-order chi connectivity index (χ1) is 8.51. The highest BCUT2D eigenvalue weighted by molar-refractivity contribution is 8.13. The van der Waals surface area contributed by atoms with Crippen molar-refractivity contribution in [2.45, 2.75) is 38.0 Å². The molecule has 0 saturated carbocycles. The summed E-state index contributed by atoms with van der Waals surface area (Å²) in [5, 5.41) is 0. The van der Waals surface area contributed by atoms with Gasteiger partial charge in [-0.15, -0.1) is 0 Å². The third-order valence-electron chi connectivity index (χ3n) is 2.51. The van der Waals surface area contributed by atoms with Gasteiger partial charge in [-0.3, -0.25) is 0 Å². The van der Waals surface area contributed by atoms with Gasteiger partial charge < -0.3 is 4.74 Å². The molecule has 0 unspecified atom stereocenters. The Bertz CT molecular complexity index is 583. The Hall–Kier alpha value is -1.00. The van der Waals surface area contributed by atoms with Gasteiger partial charge in [0.25, 0.3) is 9.05 Å². The summed E-state index contributed by atoms with van der Waals surface area (Å²) < 4.78 is 28.5. The number of hydrogen-bond donors (Lipinski definition) is 0. The number of ether oxygens (including phenoxy) is 1. The zero-order valence-electron chi connectivity index (χ0n) is 11.7. The lowest BCUT2D eigenvalue weighted by atomic mass is 9.86. The first kappa shape index (κ1) is 16.1. The Labute approximate surface area is 119 Å². The van der Waals surface area contributed by atoms with Crippen LogP contribution in [0.2, 0.25) is 0 Å².